The zero-order valence-corrected chi connectivity index (χ0v) is 18.2. The molecule has 11 heteroatoms. The molecule has 0 radical (unpaired) electrons. The Balaban J connectivity index is 1.85. The fourth-order valence-corrected chi connectivity index (χ4v) is 3.87. The van der Waals surface area contributed by atoms with Crippen LogP contribution in [0.2, 0.25) is 0 Å². The van der Waals surface area contributed by atoms with E-state index in [0.717, 1.165) is 6.08 Å². The van der Waals surface area contributed by atoms with Crippen molar-refractivity contribution in [2.75, 3.05) is 19.8 Å². The first-order valence-electron chi connectivity index (χ1n) is 10.1. The van der Waals surface area contributed by atoms with Crippen LogP contribution >= 0.6 is 0 Å². The van der Waals surface area contributed by atoms with E-state index in [0.29, 0.717) is 0 Å². The van der Waals surface area contributed by atoms with E-state index in [9.17, 15) is 24.6 Å². The second-order valence-corrected chi connectivity index (χ2v) is 8.43. The summed E-state index contributed by atoms with van der Waals surface area (Å²) in [5.41, 5.74) is -5.90. The largest absolute Gasteiger partial charge is 0.458 e. The molecule has 32 heavy (non-hydrogen) atoms. The van der Waals surface area contributed by atoms with E-state index < -0.39 is 46.7 Å². The van der Waals surface area contributed by atoms with Crippen LogP contribution in [0.4, 0.5) is 0 Å². The van der Waals surface area contributed by atoms with Crippen LogP contribution in [-0.4, -0.2) is 76.8 Å². The third-order valence-corrected chi connectivity index (χ3v) is 5.45. The van der Waals surface area contributed by atoms with Crippen LogP contribution in [0.25, 0.3) is 0 Å². The van der Waals surface area contributed by atoms with Crippen LogP contribution in [0.15, 0.2) is 36.5 Å². The van der Waals surface area contributed by atoms with Gasteiger partial charge in [-0.05, 0) is 32.8 Å². The van der Waals surface area contributed by atoms with E-state index in [1.165, 1.54) is 25.2 Å². The van der Waals surface area contributed by atoms with E-state index in [2.05, 4.69) is 17.2 Å². The number of hydrogen-bond donors (Lipinski definition) is 4. The molecule has 0 aromatic carbocycles. The van der Waals surface area contributed by atoms with Crippen LogP contribution in [0.1, 0.15) is 27.2 Å². The number of carbonyl (C=O) groups excluding carboxylic acids is 3. The summed E-state index contributed by atoms with van der Waals surface area (Å²) in [6, 6.07) is 0. The van der Waals surface area contributed by atoms with Gasteiger partial charge in [0.25, 0.3) is 17.5 Å². The lowest BCUT2D eigenvalue weighted by Crippen LogP contribution is -2.82. The van der Waals surface area contributed by atoms with E-state index in [-0.39, 0.29) is 31.8 Å². The number of amides is 2. The maximum Gasteiger partial charge on any atom is 0.331 e. The summed E-state index contributed by atoms with van der Waals surface area (Å²) >= 11 is 0. The number of ether oxygens (including phenoxy) is 4. The van der Waals surface area contributed by atoms with Crippen molar-refractivity contribution in [3.05, 3.63) is 36.5 Å². The minimum absolute atomic E-state index is 0.0181. The normalized spacial score (nSPS) is 36.3. The van der Waals surface area contributed by atoms with E-state index in [4.69, 9.17) is 18.9 Å². The molecule has 4 heterocycles. The summed E-state index contributed by atoms with van der Waals surface area (Å²) in [5, 5.41) is 26.6. The van der Waals surface area contributed by atoms with Gasteiger partial charge in [0.1, 0.15) is 18.3 Å². The molecule has 0 unspecified atom stereocenters. The molecule has 0 aliphatic carbocycles. The van der Waals surface area contributed by atoms with Gasteiger partial charge < -0.3 is 39.8 Å². The predicted octanol–water partition coefficient (Wildman–Crippen LogP) is -0.848. The minimum Gasteiger partial charge on any atom is -0.458 e. The van der Waals surface area contributed by atoms with Crippen molar-refractivity contribution in [2.45, 2.75) is 56.1 Å². The minimum atomic E-state index is -2.40. The van der Waals surface area contributed by atoms with Gasteiger partial charge in [-0.25, -0.2) is 4.79 Å². The molecule has 2 amide bonds. The number of carbonyl (C=O) groups is 3. The van der Waals surface area contributed by atoms with Gasteiger partial charge in [0.15, 0.2) is 5.79 Å². The molecule has 0 spiro atoms. The van der Waals surface area contributed by atoms with Gasteiger partial charge in [0.2, 0.25) is 5.72 Å². The van der Waals surface area contributed by atoms with Crippen LogP contribution in [0, 0.1) is 0 Å². The molecule has 4 aliphatic heterocycles. The number of nitrogens with one attached hydrogen (secondary N) is 2. The van der Waals surface area contributed by atoms with Gasteiger partial charge in [-0.3, -0.25) is 9.59 Å². The smallest absolute Gasteiger partial charge is 0.331 e. The van der Waals surface area contributed by atoms with Crippen molar-refractivity contribution in [3.8, 4) is 0 Å². The zero-order valence-electron chi connectivity index (χ0n) is 18.2. The molecule has 0 aromatic heterocycles. The third kappa shape index (κ3) is 4.21. The summed E-state index contributed by atoms with van der Waals surface area (Å²) in [6.07, 6.45) is 3.45. The van der Waals surface area contributed by atoms with E-state index in [1.807, 2.05) is 0 Å². The monoisotopic (exact) mass is 452 g/mol. The number of esters is 1. The van der Waals surface area contributed by atoms with Crippen molar-refractivity contribution >= 4 is 17.8 Å². The molecule has 4 N–H and O–H groups in total. The van der Waals surface area contributed by atoms with E-state index >= 15 is 0 Å². The highest BCUT2D eigenvalue weighted by molar-refractivity contribution is 6.03. The Morgan fingerprint density at radius 3 is 2.59 bits per heavy atom. The second-order valence-electron chi connectivity index (χ2n) is 8.43. The Kier molecular flexibility index (Phi) is 6.33. The Hall–Kier alpha value is -2.57. The Morgan fingerprint density at radius 2 is 1.97 bits per heavy atom. The predicted molar refractivity (Wildman–Crippen MR) is 108 cm³/mol. The number of piperazine rings is 1. The average molecular weight is 452 g/mol. The van der Waals surface area contributed by atoms with Gasteiger partial charge in [0.05, 0.1) is 13.2 Å². The van der Waals surface area contributed by atoms with Crippen molar-refractivity contribution in [1.82, 2.24) is 10.6 Å². The molecule has 11 nitrogen and oxygen atoms in total. The summed E-state index contributed by atoms with van der Waals surface area (Å²) in [5.74, 6) is -3.63. The fraction of sp³-hybridized carbons (Fsp3) is 0.571. The third-order valence-electron chi connectivity index (χ3n) is 5.45. The van der Waals surface area contributed by atoms with Crippen molar-refractivity contribution in [3.63, 3.8) is 0 Å². The molecule has 0 saturated carbocycles. The molecule has 0 aromatic rings. The van der Waals surface area contributed by atoms with Gasteiger partial charge in [-0.15, -0.1) is 0 Å². The van der Waals surface area contributed by atoms with Gasteiger partial charge in [0, 0.05) is 6.08 Å². The van der Waals surface area contributed by atoms with Gasteiger partial charge >= 0.3 is 5.97 Å². The summed E-state index contributed by atoms with van der Waals surface area (Å²) < 4.78 is 21.8. The molecule has 176 valence electrons. The van der Waals surface area contributed by atoms with Crippen LogP contribution in [0.5, 0.6) is 0 Å². The lowest BCUT2D eigenvalue weighted by Gasteiger charge is -2.50. The Morgan fingerprint density at radius 1 is 1.25 bits per heavy atom. The van der Waals surface area contributed by atoms with Gasteiger partial charge in [-0.1, -0.05) is 24.8 Å². The summed E-state index contributed by atoms with van der Waals surface area (Å²) in [6.45, 7) is 8.11. The first-order chi connectivity index (χ1) is 14.9. The second kappa shape index (κ2) is 8.41. The first-order valence-corrected chi connectivity index (χ1v) is 10.1. The lowest BCUT2D eigenvalue weighted by molar-refractivity contribution is -0.240. The van der Waals surface area contributed by atoms with Crippen LogP contribution in [0.3, 0.4) is 0 Å². The summed E-state index contributed by atoms with van der Waals surface area (Å²) in [7, 11) is 0. The Bertz CT molecular complexity index is 882. The highest BCUT2D eigenvalue weighted by atomic mass is 16.8. The maximum absolute atomic E-state index is 13.1. The van der Waals surface area contributed by atoms with Crippen molar-refractivity contribution in [2.24, 2.45) is 0 Å². The first kappa shape index (κ1) is 24.1. The van der Waals surface area contributed by atoms with Crippen molar-refractivity contribution in [1.29, 1.82) is 0 Å². The average Bonchev–Trinajstić information content (AvgIpc) is 3.01. The molecule has 4 fully saturated rings. The molecule has 4 aliphatic rings. The number of fused-ring (bicyclic) bond motifs is 5. The topological polar surface area (TPSA) is 153 Å². The number of hydrogen-bond acceptors (Lipinski definition) is 9. The number of aliphatic hydroxyl groups is 2. The zero-order chi connectivity index (χ0) is 23.8. The molecular weight excluding hydrogens is 424 g/mol. The number of aliphatic hydroxyl groups excluding tert-OH is 1. The molecule has 4 saturated heterocycles. The van der Waals surface area contributed by atoms with Crippen LogP contribution < -0.4 is 10.6 Å². The highest BCUT2D eigenvalue weighted by Gasteiger charge is 2.65. The van der Waals surface area contributed by atoms with Crippen LogP contribution in [-0.2, 0) is 33.3 Å². The van der Waals surface area contributed by atoms with E-state index in [1.54, 1.807) is 13.8 Å². The molecular formula is C21H28N2O9. The highest BCUT2D eigenvalue weighted by Crippen LogP contribution is 2.40. The maximum atomic E-state index is 13.1. The SMILES string of the molecule is C=CCOC(=O)/C=C/C=C1\CCO[C@]2([C@@H](O)[C@]3(C)COC(C)(C)O3)NC(=O)[C@@]1(O)NC2=O. The Labute approximate surface area is 185 Å². The molecule has 4 atom stereocenters. The fourth-order valence-electron chi connectivity index (χ4n) is 3.87. The number of rotatable bonds is 6. The lowest BCUT2D eigenvalue weighted by atomic mass is 9.84. The quantitative estimate of drug-likeness (QED) is 0.229. The van der Waals surface area contributed by atoms with Gasteiger partial charge in [-0.2, -0.15) is 0 Å². The number of allylic oxidation sites excluding steroid dienone is 2. The summed E-state index contributed by atoms with van der Waals surface area (Å²) in [4.78, 5) is 37.5. The molecule has 2 bridgehead atoms. The molecule has 4 rings (SSSR count). The standard InChI is InChI=1S/C21H28N2O9/c1-5-10-29-14(24)8-6-7-13-9-11-30-21(17(27)22-20(13,28)16(26)23-21)15(25)19(4)12-31-18(2,3)32-19/h5-8,15,25,28H,1,9-12H2,2-4H3,(H,22,27)(H,23,26)/b8-6+,13-7+/t15-,19-,20+,21-/m0/s1. The van der Waals surface area contributed by atoms with Crippen molar-refractivity contribution < 1.29 is 43.5 Å².